The van der Waals surface area contributed by atoms with Gasteiger partial charge < -0.3 is 5.11 Å². The van der Waals surface area contributed by atoms with Gasteiger partial charge in [-0.05, 0) is 12.1 Å². The molecule has 20 heavy (non-hydrogen) atoms. The fraction of sp³-hybridized carbons (Fsp3) is 0.0833. The molecule has 1 aromatic carbocycles. The predicted octanol–water partition coefficient (Wildman–Crippen LogP) is 1.69. The summed E-state index contributed by atoms with van der Waals surface area (Å²) in [7, 11) is 0. The Balaban J connectivity index is 2.52. The zero-order chi connectivity index (χ0) is 14.7. The molecule has 2 aromatic rings. The van der Waals surface area contributed by atoms with Gasteiger partial charge >= 0.3 is 5.97 Å². The van der Waals surface area contributed by atoms with Gasteiger partial charge in [0, 0.05) is 18.3 Å². The van der Waals surface area contributed by atoms with Gasteiger partial charge in [-0.25, -0.2) is 8.78 Å². The van der Waals surface area contributed by atoms with E-state index in [1.807, 2.05) is 0 Å². The lowest BCUT2D eigenvalue weighted by molar-refractivity contribution is -0.133. The summed E-state index contributed by atoms with van der Waals surface area (Å²) in [6, 6.07) is 3.91. The number of hydrogen-bond donors (Lipinski definition) is 1. The Hall–Kier alpha value is -2.22. The van der Waals surface area contributed by atoms with Gasteiger partial charge in [0.2, 0.25) is 0 Å². The van der Waals surface area contributed by atoms with Crippen molar-refractivity contribution in [3.8, 4) is 5.69 Å². The number of rotatable bonds is 4. The molecule has 1 N–H and O–H groups in total. The average molecular weight is 298 g/mol. The molecule has 0 saturated heterocycles. The molecule has 0 bridgehead atoms. The molecule has 104 valence electrons. The SMILES string of the molecule is O=C(O)CSc1nc(=O)ccn1-c1cc(F)ccc1F. The third kappa shape index (κ3) is 3.21. The van der Waals surface area contributed by atoms with Crippen molar-refractivity contribution in [2.75, 3.05) is 5.75 Å². The predicted molar refractivity (Wildman–Crippen MR) is 68.1 cm³/mol. The lowest BCUT2D eigenvalue weighted by atomic mass is 10.3. The molecular formula is C12H8F2N2O3S. The Labute approximate surface area is 115 Å². The number of carbonyl (C=O) groups is 1. The number of thioether (sulfide) groups is 1. The molecule has 1 aromatic heterocycles. The van der Waals surface area contributed by atoms with Crippen LogP contribution in [-0.2, 0) is 4.79 Å². The van der Waals surface area contributed by atoms with Crippen molar-refractivity contribution >= 4 is 17.7 Å². The smallest absolute Gasteiger partial charge is 0.313 e. The Bertz CT molecular complexity index is 718. The zero-order valence-electron chi connectivity index (χ0n) is 9.92. The van der Waals surface area contributed by atoms with E-state index in [4.69, 9.17) is 5.11 Å². The molecule has 8 heteroatoms. The van der Waals surface area contributed by atoms with Gasteiger partial charge in [-0.2, -0.15) is 4.98 Å². The van der Waals surface area contributed by atoms with E-state index in [0.29, 0.717) is 0 Å². The molecule has 0 spiro atoms. The summed E-state index contributed by atoms with van der Waals surface area (Å²) in [5.41, 5.74) is -0.740. The van der Waals surface area contributed by atoms with Crippen LogP contribution in [0.1, 0.15) is 0 Å². The second-order valence-electron chi connectivity index (χ2n) is 3.70. The minimum atomic E-state index is -1.11. The van der Waals surface area contributed by atoms with Crippen molar-refractivity contribution in [3.05, 3.63) is 52.5 Å². The Morgan fingerprint density at radius 3 is 2.80 bits per heavy atom. The van der Waals surface area contributed by atoms with Gasteiger partial charge in [0.25, 0.3) is 5.56 Å². The number of halogens is 2. The molecule has 0 atom stereocenters. The average Bonchev–Trinajstić information content (AvgIpc) is 2.39. The Morgan fingerprint density at radius 1 is 1.35 bits per heavy atom. The number of hydrogen-bond acceptors (Lipinski definition) is 4. The van der Waals surface area contributed by atoms with Crippen molar-refractivity contribution in [2.24, 2.45) is 0 Å². The maximum absolute atomic E-state index is 13.7. The standard InChI is InChI=1S/C12H8F2N2O3S/c13-7-1-2-8(14)9(5-7)16-4-3-10(17)15-12(16)20-6-11(18)19/h1-5H,6H2,(H,18,19). The molecule has 0 unspecified atom stereocenters. The molecular weight excluding hydrogens is 290 g/mol. The number of carboxylic acid groups (broad SMARTS) is 1. The highest BCUT2D eigenvalue weighted by molar-refractivity contribution is 7.99. The van der Waals surface area contributed by atoms with Gasteiger partial charge in [-0.1, -0.05) is 11.8 Å². The maximum Gasteiger partial charge on any atom is 0.313 e. The number of carboxylic acids is 1. The maximum atomic E-state index is 13.7. The molecule has 0 fully saturated rings. The molecule has 0 radical (unpaired) electrons. The second kappa shape index (κ2) is 5.83. The molecule has 5 nitrogen and oxygen atoms in total. The van der Waals surface area contributed by atoms with Crippen LogP contribution in [0.3, 0.4) is 0 Å². The monoisotopic (exact) mass is 298 g/mol. The van der Waals surface area contributed by atoms with Crippen LogP contribution in [0.25, 0.3) is 5.69 Å². The van der Waals surface area contributed by atoms with Crippen LogP contribution in [0, 0.1) is 11.6 Å². The van der Waals surface area contributed by atoms with E-state index in [0.717, 1.165) is 40.6 Å². The Morgan fingerprint density at radius 2 is 2.10 bits per heavy atom. The topological polar surface area (TPSA) is 72.2 Å². The van der Waals surface area contributed by atoms with Crippen LogP contribution in [-0.4, -0.2) is 26.4 Å². The van der Waals surface area contributed by atoms with Gasteiger partial charge in [-0.15, -0.1) is 0 Å². The largest absolute Gasteiger partial charge is 0.481 e. The van der Waals surface area contributed by atoms with Crippen molar-refractivity contribution in [2.45, 2.75) is 5.16 Å². The number of aliphatic carboxylic acids is 1. The molecule has 2 rings (SSSR count). The van der Waals surface area contributed by atoms with Crippen molar-refractivity contribution in [3.63, 3.8) is 0 Å². The number of nitrogens with zero attached hydrogens (tertiary/aromatic N) is 2. The van der Waals surface area contributed by atoms with E-state index in [1.165, 1.54) is 6.20 Å². The molecule has 0 saturated carbocycles. The minimum Gasteiger partial charge on any atom is -0.481 e. The van der Waals surface area contributed by atoms with E-state index in [1.54, 1.807) is 0 Å². The third-order valence-electron chi connectivity index (χ3n) is 2.27. The fourth-order valence-electron chi connectivity index (χ4n) is 1.47. The highest BCUT2D eigenvalue weighted by atomic mass is 32.2. The minimum absolute atomic E-state index is 0.0237. The quantitative estimate of drug-likeness (QED) is 0.687. The second-order valence-corrected chi connectivity index (χ2v) is 4.64. The van der Waals surface area contributed by atoms with Gasteiger partial charge in [0.05, 0.1) is 11.4 Å². The first-order valence-electron chi connectivity index (χ1n) is 5.37. The highest BCUT2D eigenvalue weighted by Crippen LogP contribution is 2.21. The molecule has 1 heterocycles. The Kier molecular flexibility index (Phi) is 4.14. The van der Waals surface area contributed by atoms with Crippen molar-refractivity contribution < 1.29 is 18.7 Å². The fourth-order valence-corrected chi connectivity index (χ4v) is 2.17. The van der Waals surface area contributed by atoms with Crippen LogP contribution in [0.2, 0.25) is 0 Å². The normalized spacial score (nSPS) is 10.5. The summed E-state index contributed by atoms with van der Waals surface area (Å²) >= 11 is 0.742. The van der Waals surface area contributed by atoms with Crippen LogP contribution in [0.5, 0.6) is 0 Å². The van der Waals surface area contributed by atoms with Crippen LogP contribution >= 0.6 is 11.8 Å². The first-order valence-corrected chi connectivity index (χ1v) is 6.35. The number of benzene rings is 1. The van der Waals surface area contributed by atoms with Crippen LogP contribution < -0.4 is 5.56 Å². The van der Waals surface area contributed by atoms with E-state index in [-0.39, 0.29) is 16.6 Å². The summed E-state index contributed by atoms with van der Waals surface area (Å²) in [6.45, 7) is 0. The molecule has 0 aliphatic carbocycles. The molecule has 0 aliphatic heterocycles. The van der Waals surface area contributed by atoms with E-state index in [2.05, 4.69) is 4.98 Å². The van der Waals surface area contributed by atoms with Crippen LogP contribution in [0.4, 0.5) is 8.78 Å². The summed E-state index contributed by atoms with van der Waals surface area (Å²) in [4.78, 5) is 25.4. The van der Waals surface area contributed by atoms with E-state index < -0.39 is 23.2 Å². The highest BCUT2D eigenvalue weighted by Gasteiger charge is 2.12. The molecule has 0 aliphatic rings. The summed E-state index contributed by atoms with van der Waals surface area (Å²) in [6.07, 6.45) is 1.22. The summed E-state index contributed by atoms with van der Waals surface area (Å²) in [5.74, 6) is -2.84. The van der Waals surface area contributed by atoms with Gasteiger partial charge in [0.15, 0.2) is 5.16 Å². The summed E-state index contributed by atoms with van der Waals surface area (Å²) in [5, 5.41) is 8.61. The van der Waals surface area contributed by atoms with Gasteiger partial charge in [-0.3, -0.25) is 14.2 Å². The van der Waals surface area contributed by atoms with E-state index >= 15 is 0 Å². The first kappa shape index (κ1) is 14.2. The lowest BCUT2D eigenvalue weighted by Gasteiger charge is -2.11. The zero-order valence-corrected chi connectivity index (χ0v) is 10.7. The summed E-state index contributed by atoms with van der Waals surface area (Å²) < 4.78 is 28.0. The van der Waals surface area contributed by atoms with E-state index in [9.17, 15) is 18.4 Å². The van der Waals surface area contributed by atoms with Crippen molar-refractivity contribution in [1.29, 1.82) is 0 Å². The third-order valence-corrected chi connectivity index (χ3v) is 3.21. The van der Waals surface area contributed by atoms with Crippen molar-refractivity contribution in [1.82, 2.24) is 9.55 Å². The van der Waals surface area contributed by atoms with Gasteiger partial charge in [0.1, 0.15) is 11.6 Å². The van der Waals surface area contributed by atoms with Crippen LogP contribution in [0.15, 0.2) is 40.4 Å². The lowest BCUT2D eigenvalue weighted by Crippen LogP contribution is -2.14. The first-order chi connectivity index (χ1) is 9.47. The number of aromatic nitrogens is 2. The molecule has 0 amide bonds.